The van der Waals surface area contributed by atoms with Gasteiger partial charge in [-0.25, -0.2) is 4.99 Å². The molecule has 0 amide bonds. The van der Waals surface area contributed by atoms with E-state index in [1.54, 1.807) is 25.3 Å². The number of nitriles is 2. The van der Waals surface area contributed by atoms with Crippen LogP contribution in [-0.2, 0) is 9.47 Å². The fraction of sp³-hybridized carbons (Fsp3) is 0.500. The van der Waals surface area contributed by atoms with E-state index in [0.29, 0.717) is 17.1 Å². The molecule has 1 saturated heterocycles. The van der Waals surface area contributed by atoms with Crippen LogP contribution in [-0.4, -0.2) is 38.7 Å². The van der Waals surface area contributed by atoms with Gasteiger partial charge in [-0.1, -0.05) is 6.07 Å². The molecule has 1 aromatic carbocycles. The van der Waals surface area contributed by atoms with Gasteiger partial charge in [0, 0.05) is 17.5 Å². The van der Waals surface area contributed by atoms with Crippen LogP contribution in [0.5, 0.6) is 11.5 Å². The van der Waals surface area contributed by atoms with Crippen molar-refractivity contribution in [3.8, 4) is 23.6 Å². The Morgan fingerprint density at radius 1 is 1.27 bits per heavy atom. The van der Waals surface area contributed by atoms with Crippen LogP contribution < -0.4 is 15.2 Å². The van der Waals surface area contributed by atoms with E-state index in [9.17, 15) is 10.5 Å². The summed E-state index contributed by atoms with van der Waals surface area (Å²) in [6.45, 7) is 2.09. The molecular weight excluding hydrogens is 336 g/mol. The Labute approximate surface area is 150 Å². The highest BCUT2D eigenvalue weighted by Crippen LogP contribution is 2.83. The Hall–Kier alpha value is -2.81. The van der Waals surface area contributed by atoms with E-state index in [4.69, 9.17) is 24.7 Å². The maximum atomic E-state index is 10.1. The molecule has 4 rings (SSSR count). The highest BCUT2D eigenvalue weighted by Gasteiger charge is 2.94. The van der Waals surface area contributed by atoms with Gasteiger partial charge in [0.05, 0.1) is 39.1 Å². The fourth-order valence-electron chi connectivity index (χ4n) is 4.38. The highest BCUT2D eigenvalue weighted by atomic mass is 16.8. The van der Waals surface area contributed by atoms with E-state index in [1.165, 1.54) is 7.11 Å². The van der Waals surface area contributed by atoms with Crippen LogP contribution >= 0.6 is 0 Å². The van der Waals surface area contributed by atoms with E-state index in [1.807, 2.05) is 6.92 Å². The molecule has 3 aliphatic rings. The first-order chi connectivity index (χ1) is 12.5. The van der Waals surface area contributed by atoms with Gasteiger partial charge in [-0.3, -0.25) is 0 Å². The number of methoxy groups -OCH3 is 2. The molecule has 0 bridgehead atoms. The molecular formula is C18H18N4O4. The summed E-state index contributed by atoms with van der Waals surface area (Å²) in [5.41, 5.74) is 4.12. The third kappa shape index (κ3) is 1.57. The Balaban J connectivity index is 1.91. The molecule has 8 heteroatoms. The summed E-state index contributed by atoms with van der Waals surface area (Å²) in [6.07, 6.45) is -0.259. The number of benzene rings is 1. The van der Waals surface area contributed by atoms with Gasteiger partial charge in [0.2, 0.25) is 0 Å². The maximum Gasteiger partial charge on any atom is 0.293 e. The van der Waals surface area contributed by atoms with Gasteiger partial charge in [0.1, 0.15) is 22.7 Å². The average Bonchev–Trinajstić information content (AvgIpc) is 3.04. The lowest BCUT2D eigenvalue weighted by molar-refractivity contribution is -0.193. The minimum Gasteiger partial charge on any atom is -0.497 e. The van der Waals surface area contributed by atoms with Crippen LogP contribution in [0.2, 0.25) is 0 Å². The largest absolute Gasteiger partial charge is 0.497 e. The van der Waals surface area contributed by atoms with Crippen LogP contribution in [0.15, 0.2) is 23.2 Å². The lowest BCUT2D eigenvalue weighted by Gasteiger charge is -2.26. The molecule has 0 radical (unpaired) electrons. The zero-order valence-corrected chi connectivity index (χ0v) is 14.6. The number of nitrogens with two attached hydrogens (primary N) is 1. The lowest BCUT2D eigenvalue weighted by Crippen LogP contribution is -2.39. The molecule has 2 fully saturated rings. The van der Waals surface area contributed by atoms with Crippen molar-refractivity contribution in [2.75, 3.05) is 20.8 Å². The molecule has 2 aliphatic heterocycles. The molecule has 0 aromatic heterocycles. The van der Waals surface area contributed by atoms with Gasteiger partial charge in [-0.05, 0) is 13.0 Å². The number of hydrogen-bond acceptors (Lipinski definition) is 8. The third-order valence-corrected chi connectivity index (χ3v) is 5.55. The summed E-state index contributed by atoms with van der Waals surface area (Å²) in [5.74, 6) is -1.00. The van der Waals surface area contributed by atoms with Gasteiger partial charge < -0.3 is 24.7 Å². The Bertz CT molecular complexity index is 903. The SMILES string of the molecule is COc1ccc(C2C3(C#N)C(N)=NC4(OCC(C)O4)C23C#N)c(OC)c1. The molecule has 1 aromatic rings. The van der Waals surface area contributed by atoms with Crippen molar-refractivity contribution in [1.29, 1.82) is 10.5 Å². The van der Waals surface area contributed by atoms with E-state index in [0.717, 1.165) is 0 Å². The Morgan fingerprint density at radius 3 is 2.58 bits per heavy atom. The number of rotatable bonds is 3. The van der Waals surface area contributed by atoms with Gasteiger partial charge in [-0.2, -0.15) is 10.5 Å². The quantitative estimate of drug-likeness (QED) is 0.867. The van der Waals surface area contributed by atoms with Crippen molar-refractivity contribution in [3.05, 3.63) is 23.8 Å². The minimum atomic E-state index is -1.57. The maximum absolute atomic E-state index is 10.1. The predicted molar refractivity (Wildman–Crippen MR) is 89.2 cm³/mol. The Kier molecular flexibility index (Phi) is 3.27. The molecule has 8 nitrogen and oxygen atoms in total. The van der Waals surface area contributed by atoms with E-state index in [2.05, 4.69) is 17.1 Å². The summed E-state index contributed by atoms with van der Waals surface area (Å²) in [5, 5.41) is 20.1. The van der Waals surface area contributed by atoms with Crippen molar-refractivity contribution in [3.63, 3.8) is 0 Å². The van der Waals surface area contributed by atoms with Crippen molar-refractivity contribution in [2.45, 2.75) is 24.9 Å². The number of nitrogens with zero attached hydrogens (tertiary/aromatic N) is 3. The van der Waals surface area contributed by atoms with Gasteiger partial charge in [-0.15, -0.1) is 0 Å². The molecule has 1 spiro atoms. The second kappa shape index (κ2) is 5.10. The van der Waals surface area contributed by atoms with E-state index < -0.39 is 22.7 Å². The number of hydrogen-bond donors (Lipinski definition) is 1. The van der Waals surface area contributed by atoms with Gasteiger partial charge >= 0.3 is 0 Å². The van der Waals surface area contributed by atoms with Crippen LogP contribution in [0.4, 0.5) is 0 Å². The van der Waals surface area contributed by atoms with Crippen LogP contribution in [0, 0.1) is 33.5 Å². The highest BCUT2D eigenvalue weighted by molar-refractivity contribution is 6.00. The first kappa shape index (κ1) is 16.6. The van der Waals surface area contributed by atoms with E-state index in [-0.39, 0.29) is 18.5 Å². The van der Waals surface area contributed by atoms with Crippen LogP contribution in [0.3, 0.4) is 0 Å². The first-order valence-electron chi connectivity index (χ1n) is 8.18. The summed E-state index contributed by atoms with van der Waals surface area (Å²) < 4.78 is 22.4. The fourth-order valence-corrected chi connectivity index (χ4v) is 4.38. The Morgan fingerprint density at radius 2 is 2.04 bits per heavy atom. The molecule has 26 heavy (non-hydrogen) atoms. The zero-order valence-electron chi connectivity index (χ0n) is 14.6. The molecule has 5 atom stereocenters. The van der Waals surface area contributed by atoms with Gasteiger partial charge in [0.15, 0.2) is 5.41 Å². The number of fused-ring (bicyclic) bond motifs is 2. The molecule has 2 heterocycles. The molecule has 2 N–H and O–H groups in total. The third-order valence-electron chi connectivity index (χ3n) is 5.55. The topological polar surface area (TPSA) is 123 Å². The average molecular weight is 354 g/mol. The summed E-state index contributed by atoms with van der Waals surface area (Å²) >= 11 is 0. The van der Waals surface area contributed by atoms with Crippen LogP contribution in [0.25, 0.3) is 0 Å². The number of aliphatic imine (C=N–C) groups is 1. The second-order valence-corrected chi connectivity index (χ2v) is 6.70. The normalized spacial score (nSPS) is 39.7. The number of amidine groups is 1. The first-order valence-corrected chi connectivity index (χ1v) is 8.18. The zero-order chi connectivity index (χ0) is 18.7. The summed E-state index contributed by atoms with van der Waals surface area (Å²) in [7, 11) is 3.07. The smallest absolute Gasteiger partial charge is 0.293 e. The summed E-state index contributed by atoms with van der Waals surface area (Å²) in [4.78, 5) is 4.29. The van der Waals surface area contributed by atoms with E-state index >= 15 is 0 Å². The van der Waals surface area contributed by atoms with Crippen molar-refractivity contribution >= 4 is 5.84 Å². The monoisotopic (exact) mass is 354 g/mol. The van der Waals surface area contributed by atoms with Gasteiger partial charge in [0.25, 0.3) is 5.91 Å². The molecule has 5 unspecified atom stereocenters. The minimum absolute atomic E-state index is 0.0542. The number of ether oxygens (including phenoxy) is 4. The molecule has 1 saturated carbocycles. The standard InChI is InChI=1S/C18H18N4O4/c1-10-7-25-18(26-10)17(9-20)14(16(17,8-19)15(21)22-18)12-5-4-11(23-2)6-13(12)24-3/h4-6,10,14H,7H2,1-3H3,(H2,21,22). The van der Waals surface area contributed by atoms with Crippen molar-refractivity contribution in [2.24, 2.45) is 21.6 Å². The van der Waals surface area contributed by atoms with Crippen molar-refractivity contribution < 1.29 is 18.9 Å². The van der Waals surface area contributed by atoms with Crippen LogP contribution in [0.1, 0.15) is 18.4 Å². The molecule has 134 valence electrons. The second-order valence-electron chi connectivity index (χ2n) is 6.70. The predicted octanol–water partition coefficient (Wildman–Crippen LogP) is 1.28. The summed E-state index contributed by atoms with van der Waals surface area (Å²) in [6, 6.07) is 9.72. The molecule has 1 aliphatic carbocycles. The lowest BCUT2D eigenvalue weighted by atomic mass is 9.93. The van der Waals surface area contributed by atoms with Crippen molar-refractivity contribution in [1.82, 2.24) is 0 Å².